The highest BCUT2D eigenvalue weighted by atomic mass is 35.5. The number of rotatable bonds is 3. The van der Waals surface area contributed by atoms with E-state index in [-0.39, 0.29) is 16.5 Å². The van der Waals surface area contributed by atoms with Gasteiger partial charge in [0.1, 0.15) is 10.9 Å². The van der Waals surface area contributed by atoms with E-state index in [1.54, 1.807) is 13.0 Å². The average molecular weight is 304 g/mol. The Kier molecular flexibility index (Phi) is 3.85. The lowest BCUT2D eigenvalue weighted by atomic mass is 10.2. The van der Waals surface area contributed by atoms with Crippen LogP contribution in [0.1, 0.15) is 18.4 Å². The predicted molar refractivity (Wildman–Crippen MR) is 70.7 cm³/mol. The number of sulfonamides is 1. The van der Waals surface area contributed by atoms with Gasteiger partial charge >= 0.3 is 5.97 Å². The minimum Gasteiger partial charge on any atom is -0.480 e. The first-order chi connectivity index (χ1) is 8.84. The molecule has 1 aliphatic heterocycles. The van der Waals surface area contributed by atoms with Gasteiger partial charge in [-0.05, 0) is 37.5 Å². The average Bonchev–Trinajstić information content (AvgIpc) is 2.82. The summed E-state index contributed by atoms with van der Waals surface area (Å²) < 4.78 is 26.0. The lowest BCUT2D eigenvalue weighted by Gasteiger charge is -2.21. The summed E-state index contributed by atoms with van der Waals surface area (Å²) in [5.74, 6) is -1.12. The molecule has 1 saturated heterocycles. The van der Waals surface area contributed by atoms with Crippen molar-refractivity contribution in [1.29, 1.82) is 0 Å². The van der Waals surface area contributed by atoms with Gasteiger partial charge in [0.25, 0.3) is 0 Å². The van der Waals surface area contributed by atoms with Gasteiger partial charge in [-0.2, -0.15) is 4.31 Å². The molecule has 0 saturated carbocycles. The topological polar surface area (TPSA) is 74.7 Å². The quantitative estimate of drug-likeness (QED) is 0.925. The molecule has 7 heteroatoms. The number of carboxylic acids is 1. The zero-order valence-electron chi connectivity index (χ0n) is 10.3. The van der Waals surface area contributed by atoms with Crippen LogP contribution in [0.5, 0.6) is 0 Å². The van der Waals surface area contributed by atoms with Crippen LogP contribution >= 0.6 is 11.6 Å². The van der Waals surface area contributed by atoms with Crippen LogP contribution in [-0.2, 0) is 14.8 Å². The summed E-state index contributed by atoms with van der Waals surface area (Å²) in [5.41, 5.74) is 0.758. The molecule has 0 bridgehead atoms. The van der Waals surface area contributed by atoms with Gasteiger partial charge in [0.15, 0.2) is 0 Å². The molecule has 1 aromatic carbocycles. The Labute approximate surface area is 116 Å². The number of hydrogen-bond donors (Lipinski definition) is 1. The van der Waals surface area contributed by atoms with E-state index in [1.807, 2.05) is 0 Å². The second-order valence-electron chi connectivity index (χ2n) is 4.55. The van der Waals surface area contributed by atoms with E-state index in [2.05, 4.69) is 0 Å². The minimum absolute atomic E-state index is 0.0256. The Hall–Kier alpha value is -1.11. The number of benzene rings is 1. The van der Waals surface area contributed by atoms with E-state index in [1.165, 1.54) is 12.1 Å². The fraction of sp³-hybridized carbons (Fsp3) is 0.417. The van der Waals surface area contributed by atoms with Crippen molar-refractivity contribution < 1.29 is 18.3 Å². The molecule has 0 aromatic heterocycles. The molecule has 1 N–H and O–H groups in total. The second-order valence-corrected chi connectivity index (χ2v) is 6.81. The van der Waals surface area contributed by atoms with E-state index in [0.29, 0.717) is 12.8 Å². The summed E-state index contributed by atoms with van der Waals surface area (Å²) in [6.07, 6.45) is 0.873. The standard InChI is InChI=1S/C12H14ClNO4S/c1-8-4-5-9(13)11(7-8)19(17,18)14-6-2-3-10(14)12(15)16/h4-5,7,10H,2-3,6H2,1H3,(H,15,16)/t10-/m1/s1. The summed E-state index contributed by atoms with van der Waals surface area (Å²) in [4.78, 5) is 11.1. The Balaban J connectivity index is 2.48. The van der Waals surface area contributed by atoms with Crippen molar-refractivity contribution in [2.24, 2.45) is 0 Å². The maximum Gasteiger partial charge on any atom is 0.322 e. The van der Waals surface area contributed by atoms with Crippen LogP contribution < -0.4 is 0 Å². The highest BCUT2D eigenvalue weighted by Gasteiger charge is 2.40. The molecule has 1 heterocycles. The molecular formula is C12H14ClNO4S. The van der Waals surface area contributed by atoms with Gasteiger partial charge in [-0.3, -0.25) is 4.79 Å². The first-order valence-electron chi connectivity index (χ1n) is 5.85. The monoisotopic (exact) mass is 303 g/mol. The molecule has 0 radical (unpaired) electrons. The number of hydrogen-bond acceptors (Lipinski definition) is 3. The maximum atomic E-state index is 12.5. The second kappa shape index (κ2) is 5.11. The Morgan fingerprint density at radius 2 is 2.16 bits per heavy atom. The third-order valence-electron chi connectivity index (χ3n) is 3.16. The summed E-state index contributed by atoms with van der Waals surface area (Å²) in [6.45, 7) is 1.97. The third kappa shape index (κ3) is 2.61. The number of halogens is 1. The van der Waals surface area contributed by atoms with E-state index >= 15 is 0 Å². The van der Waals surface area contributed by atoms with Crippen molar-refractivity contribution in [3.05, 3.63) is 28.8 Å². The largest absolute Gasteiger partial charge is 0.480 e. The van der Waals surface area contributed by atoms with E-state index in [9.17, 15) is 13.2 Å². The van der Waals surface area contributed by atoms with Crippen molar-refractivity contribution >= 4 is 27.6 Å². The van der Waals surface area contributed by atoms with E-state index < -0.39 is 22.0 Å². The minimum atomic E-state index is -3.87. The molecule has 0 spiro atoms. The summed E-state index contributed by atoms with van der Waals surface area (Å²) in [5, 5.41) is 9.19. The number of carboxylic acid groups (broad SMARTS) is 1. The summed E-state index contributed by atoms with van der Waals surface area (Å²) in [6, 6.07) is 3.69. The van der Waals surface area contributed by atoms with Crippen LogP contribution in [0.3, 0.4) is 0 Å². The molecule has 1 aliphatic rings. The SMILES string of the molecule is Cc1ccc(Cl)c(S(=O)(=O)N2CCC[C@@H]2C(=O)O)c1. The number of carbonyl (C=O) groups is 1. The number of aliphatic carboxylic acids is 1. The third-order valence-corrected chi connectivity index (χ3v) is 5.55. The Morgan fingerprint density at radius 1 is 1.47 bits per heavy atom. The first kappa shape index (κ1) is 14.3. The summed E-state index contributed by atoms with van der Waals surface area (Å²) in [7, 11) is -3.87. The van der Waals surface area contributed by atoms with Gasteiger partial charge in [0, 0.05) is 6.54 Å². The Morgan fingerprint density at radius 3 is 2.79 bits per heavy atom. The van der Waals surface area contributed by atoms with Crippen molar-refractivity contribution in [2.45, 2.75) is 30.7 Å². The molecular weight excluding hydrogens is 290 g/mol. The van der Waals surface area contributed by atoms with E-state index in [0.717, 1.165) is 9.87 Å². The molecule has 0 aliphatic carbocycles. The van der Waals surface area contributed by atoms with Gasteiger partial charge in [-0.25, -0.2) is 8.42 Å². The maximum absolute atomic E-state index is 12.5. The summed E-state index contributed by atoms with van der Waals surface area (Å²) >= 11 is 5.93. The first-order valence-corrected chi connectivity index (χ1v) is 7.66. The molecule has 1 aromatic rings. The fourth-order valence-electron chi connectivity index (χ4n) is 2.21. The van der Waals surface area contributed by atoms with E-state index in [4.69, 9.17) is 16.7 Å². The molecule has 0 unspecified atom stereocenters. The number of nitrogens with zero attached hydrogens (tertiary/aromatic N) is 1. The van der Waals surface area contributed by atoms with Gasteiger partial charge in [0.05, 0.1) is 5.02 Å². The molecule has 19 heavy (non-hydrogen) atoms. The van der Waals surface area contributed by atoms with Crippen LogP contribution in [0.2, 0.25) is 5.02 Å². The molecule has 2 rings (SSSR count). The van der Waals surface area contributed by atoms with Crippen LogP contribution in [0.25, 0.3) is 0 Å². The van der Waals surface area contributed by atoms with Crippen molar-refractivity contribution in [1.82, 2.24) is 4.31 Å². The number of aryl methyl sites for hydroxylation is 1. The van der Waals surface area contributed by atoms with Crippen molar-refractivity contribution in [2.75, 3.05) is 6.54 Å². The van der Waals surface area contributed by atoms with Crippen molar-refractivity contribution in [3.8, 4) is 0 Å². The molecule has 0 amide bonds. The molecule has 1 atom stereocenters. The lowest BCUT2D eigenvalue weighted by Crippen LogP contribution is -2.40. The smallest absolute Gasteiger partial charge is 0.322 e. The molecule has 104 valence electrons. The normalized spacial score (nSPS) is 20.6. The van der Waals surface area contributed by atoms with Gasteiger partial charge in [-0.1, -0.05) is 17.7 Å². The van der Waals surface area contributed by atoms with Crippen molar-refractivity contribution in [3.63, 3.8) is 0 Å². The fourth-order valence-corrected chi connectivity index (χ4v) is 4.42. The zero-order chi connectivity index (χ0) is 14.2. The van der Waals surface area contributed by atoms with Gasteiger partial charge in [0.2, 0.25) is 10.0 Å². The molecule has 1 fully saturated rings. The van der Waals surface area contributed by atoms with Gasteiger partial charge < -0.3 is 5.11 Å². The zero-order valence-corrected chi connectivity index (χ0v) is 11.9. The van der Waals surface area contributed by atoms with Gasteiger partial charge in [-0.15, -0.1) is 0 Å². The van der Waals surface area contributed by atoms with Crippen LogP contribution in [0.4, 0.5) is 0 Å². The highest BCUT2D eigenvalue weighted by Crippen LogP contribution is 2.30. The lowest BCUT2D eigenvalue weighted by molar-refractivity contribution is -0.140. The van der Waals surface area contributed by atoms with Crippen LogP contribution in [0, 0.1) is 6.92 Å². The Bertz CT molecular complexity index is 614. The molecule has 5 nitrogen and oxygen atoms in total. The highest BCUT2D eigenvalue weighted by molar-refractivity contribution is 7.89. The predicted octanol–water partition coefficient (Wildman–Crippen LogP) is 1.89. The van der Waals surface area contributed by atoms with Crippen LogP contribution in [-0.4, -0.2) is 36.4 Å². The van der Waals surface area contributed by atoms with Crippen LogP contribution in [0.15, 0.2) is 23.1 Å².